The molecule has 112 valence electrons. The molecule has 0 saturated carbocycles. The van der Waals surface area contributed by atoms with Crippen molar-refractivity contribution in [3.8, 4) is 0 Å². The predicted octanol–water partition coefficient (Wildman–Crippen LogP) is 2.75. The van der Waals surface area contributed by atoms with Gasteiger partial charge in [-0.2, -0.15) is 10.1 Å². The summed E-state index contributed by atoms with van der Waals surface area (Å²) in [5.41, 5.74) is 2.08. The van der Waals surface area contributed by atoms with Crippen LogP contribution < -0.4 is 15.5 Å². The zero-order valence-corrected chi connectivity index (χ0v) is 13.0. The van der Waals surface area contributed by atoms with Gasteiger partial charge < -0.3 is 15.5 Å². The largest absolute Gasteiger partial charge is 0.378 e. The molecule has 2 aromatic rings. The number of benzene rings is 1. The predicted molar refractivity (Wildman–Crippen MR) is 87.2 cm³/mol. The molecule has 0 aliphatic carbocycles. The van der Waals surface area contributed by atoms with Gasteiger partial charge in [0.25, 0.3) is 0 Å². The molecule has 0 amide bonds. The van der Waals surface area contributed by atoms with E-state index >= 15 is 0 Å². The molecule has 0 aliphatic rings. The summed E-state index contributed by atoms with van der Waals surface area (Å²) in [6, 6.07) is 8.06. The van der Waals surface area contributed by atoms with Gasteiger partial charge in [0.05, 0.1) is 6.20 Å². The maximum atomic E-state index is 4.39. The van der Waals surface area contributed by atoms with Gasteiger partial charge in [0, 0.05) is 32.0 Å². The number of anilines is 4. The summed E-state index contributed by atoms with van der Waals surface area (Å²) in [6.45, 7) is 5.15. The lowest BCUT2D eigenvalue weighted by Crippen LogP contribution is -2.11. The van der Waals surface area contributed by atoms with Crippen molar-refractivity contribution in [3.05, 3.63) is 30.5 Å². The maximum absolute atomic E-state index is 4.39. The minimum atomic E-state index is 0.487. The number of hydrogen-bond acceptors (Lipinski definition) is 6. The Labute approximate surface area is 125 Å². The van der Waals surface area contributed by atoms with E-state index in [0.717, 1.165) is 23.7 Å². The Morgan fingerprint density at radius 1 is 1.14 bits per heavy atom. The number of nitrogens with one attached hydrogen (secondary N) is 2. The molecule has 1 aromatic carbocycles. The van der Waals surface area contributed by atoms with Crippen LogP contribution in [-0.2, 0) is 0 Å². The number of rotatable bonds is 6. The first kappa shape index (κ1) is 15.0. The molecule has 0 bridgehead atoms. The average Bonchev–Trinajstić information content (AvgIpc) is 2.46. The van der Waals surface area contributed by atoms with Crippen molar-refractivity contribution in [2.45, 2.75) is 13.8 Å². The molecular weight excluding hydrogens is 264 g/mol. The lowest BCUT2D eigenvalue weighted by molar-refractivity contribution is 0.686. The normalized spacial score (nSPS) is 10.5. The molecule has 2 rings (SSSR count). The van der Waals surface area contributed by atoms with Gasteiger partial charge in [-0.05, 0) is 30.2 Å². The lowest BCUT2D eigenvalue weighted by Gasteiger charge is -2.13. The Kier molecular flexibility index (Phi) is 4.92. The Balaban J connectivity index is 2.03. The quantitative estimate of drug-likeness (QED) is 0.851. The Morgan fingerprint density at radius 3 is 2.48 bits per heavy atom. The minimum absolute atomic E-state index is 0.487. The lowest BCUT2D eigenvalue weighted by atomic mass is 10.2. The topological polar surface area (TPSA) is 66.0 Å². The first-order valence-corrected chi connectivity index (χ1v) is 7.02. The van der Waals surface area contributed by atoms with E-state index < -0.39 is 0 Å². The van der Waals surface area contributed by atoms with Gasteiger partial charge >= 0.3 is 0 Å². The Hall–Kier alpha value is -2.37. The SMILES string of the molecule is CC(C)CNc1cnnc(Nc2ccc(N(C)C)cc2)n1. The molecule has 2 N–H and O–H groups in total. The van der Waals surface area contributed by atoms with E-state index in [1.807, 2.05) is 38.4 Å². The van der Waals surface area contributed by atoms with Crippen LogP contribution >= 0.6 is 0 Å². The summed E-state index contributed by atoms with van der Waals surface area (Å²) in [6.07, 6.45) is 1.63. The van der Waals surface area contributed by atoms with E-state index in [1.54, 1.807) is 6.20 Å². The number of hydrogen-bond donors (Lipinski definition) is 2. The van der Waals surface area contributed by atoms with Crippen LogP contribution in [0.4, 0.5) is 23.1 Å². The molecule has 6 nitrogen and oxygen atoms in total. The Bertz CT molecular complexity index is 565. The zero-order valence-electron chi connectivity index (χ0n) is 13.0. The maximum Gasteiger partial charge on any atom is 0.249 e. The third kappa shape index (κ3) is 4.59. The van der Waals surface area contributed by atoms with E-state index in [-0.39, 0.29) is 0 Å². The third-order valence-electron chi connectivity index (χ3n) is 2.89. The number of aromatic nitrogens is 3. The molecule has 6 heteroatoms. The molecule has 0 unspecified atom stereocenters. The molecule has 0 fully saturated rings. The molecule has 21 heavy (non-hydrogen) atoms. The Morgan fingerprint density at radius 2 is 1.86 bits per heavy atom. The molecule has 0 radical (unpaired) electrons. The van der Waals surface area contributed by atoms with Crippen molar-refractivity contribution >= 4 is 23.1 Å². The molecule has 0 aliphatic heterocycles. The van der Waals surface area contributed by atoms with Crippen molar-refractivity contribution in [1.29, 1.82) is 0 Å². The fourth-order valence-corrected chi connectivity index (χ4v) is 1.72. The van der Waals surface area contributed by atoms with Gasteiger partial charge in [-0.1, -0.05) is 13.8 Å². The summed E-state index contributed by atoms with van der Waals surface area (Å²) in [7, 11) is 4.03. The highest BCUT2D eigenvalue weighted by Crippen LogP contribution is 2.18. The summed E-state index contributed by atoms with van der Waals surface area (Å²) in [4.78, 5) is 6.45. The minimum Gasteiger partial charge on any atom is -0.378 e. The van der Waals surface area contributed by atoms with Crippen LogP contribution in [0.1, 0.15) is 13.8 Å². The van der Waals surface area contributed by atoms with Crippen molar-refractivity contribution in [1.82, 2.24) is 15.2 Å². The molecule has 1 aromatic heterocycles. The highest BCUT2D eigenvalue weighted by Gasteiger charge is 2.02. The van der Waals surface area contributed by atoms with E-state index in [0.29, 0.717) is 11.9 Å². The second-order valence-corrected chi connectivity index (χ2v) is 5.51. The van der Waals surface area contributed by atoms with Crippen LogP contribution in [0.2, 0.25) is 0 Å². The summed E-state index contributed by atoms with van der Waals surface area (Å²) >= 11 is 0. The van der Waals surface area contributed by atoms with Gasteiger partial charge in [-0.15, -0.1) is 5.10 Å². The van der Waals surface area contributed by atoms with Crippen molar-refractivity contribution in [3.63, 3.8) is 0 Å². The van der Waals surface area contributed by atoms with E-state index in [1.165, 1.54) is 0 Å². The van der Waals surface area contributed by atoms with Gasteiger partial charge in [-0.3, -0.25) is 0 Å². The van der Waals surface area contributed by atoms with E-state index in [9.17, 15) is 0 Å². The van der Waals surface area contributed by atoms with Crippen molar-refractivity contribution in [2.24, 2.45) is 5.92 Å². The number of nitrogens with zero attached hydrogens (tertiary/aromatic N) is 4. The van der Waals surface area contributed by atoms with Gasteiger partial charge in [0.1, 0.15) is 0 Å². The van der Waals surface area contributed by atoms with Crippen LogP contribution in [-0.4, -0.2) is 35.8 Å². The molecule has 0 atom stereocenters. The first-order valence-electron chi connectivity index (χ1n) is 7.02. The van der Waals surface area contributed by atoms with Crippen LogP contribution in [0.25, 0.3) is 0 Å². The van der Waals surface area contributed by atoms with E-state index in [2.05, 4.69) is 44.6 Å². The fraction of sp³-hybridized carbons (Fsp3) is 0.400. The zero-order chi connectivity index (χ0) is 15.2. The molecule has 1 heterocycles. The van der Waals surface area contributed by atoms with Gasteiger partial charge in [-0.25, -0.2) is 0 Å². The highest BCUT2D eigenvalue weighted by atomic mass is 15.3. The van der Waals surface area contributed by atoms with Crippen LogP contribution in [0.15, 0.2) is 30.5 Å². The van der Waals surface area contributed by atoms with Crippen LogP contribution in [0.3, 0.4) is 0 Å². The van der Waals surface area contributed by atoms with Crippen LogP contribution in [0.5, 0.6) is 0 Å². The monoisotopic (exact) mass is 286 g/mol. The average molecular weight is 286 g/mol. The summed E-state index contributed by atoms with van der Waals surface area (Å²) in [5, 5.41) is 14.3. The highest BCUT2D eigenvalue weighted by molar-refractivity contribution is 5.59. The van der Waals surface area contributed by atoms with Crippen molar-refractivity contribution < 1.29 is 0 Å². The first-order chi connectivity index (χ1) is 10.0. The molecule has 0 spiro atoms. The molecule has 0 saturated heterocycles. The second kappa shape index (κ2) is 6.88. The fourth-order valence-electron chi connectivity index (χ4n) is 1.72. The summed E-state index contributed by atoms with van der Waals surface area (Å²) < 4.78 is 0. The van der Waals surface area contributed by atoms with Gasteiger partial charge in [0.2, 0.25) is 5.95 Å². The third-order valence-corrected chi connectivity index (χ3v) is 2.89. The molecular formula is C15H22N6. The second-order valence-electron chi connectivity index (χ2n) is 5.51. The standard InChI is InChI=1S/C15H22N6/c1-11(2)9-16-14-10-17-20-15(19-14)18-12-5-7-13(8-6-12)21(3)4/h5-8,10-11H,9H2,1-4H3,(H2,16,18,19,20). The van der Waals surface area contributed by atoms with E-state index in [4.69, 9.17) is 0 Å². The van der Waals surface area contributed by atoms with Crippen molar-refractivity contribution in [2.75, 3.05) is 36.2 Å². The van der Waals surface area contributed by atoms with Crippen LogP contribution in [0, 0.1) is 5.92 Å². The summed E-state index contributed by atoms with van der Waals surface area (Å²) in [5.74, 6) is 1.77. The smallest absolute Gasteiger partial charge is 0.249 e. The van der Waals surface area contributed by atoms with Gasteiger partial charge in [0.15, 0.2) is 5.82 Å².